The van der Waals surface area contributed by atoms with Gasteiger partial charge in [0.2, 0.25) is 10.0 Å². The van der Waals surface area contributed by atoms with E-state index in [0.717, 1.165) is 4.31 Å². The van der Waals surface area contributed by atoms with Crippen molar-refractivity contribution in [3.05, 3.63) is 0 Å². The molecule has 0 atom stereocenters. The van der Waals surface area contributed by atoms with Crippen molar-refractivity contribution in [1.82, 2.24) is 4.31 Å². The fraction of sp³-hybridized carbons (Fsp3) is 0.889. The molecular formula is C9H19NO5S. The van der Waals surface area contributed by atoms with Gasteiger partial charge in [0, 0.05) is 13.7 Å². The van der Waals surface area contributed by atoms with Crippen molar-refractivity contribution >= 4 is 16.0 Å². The van der Waals surface area contributed by atoms with E-state index in [4.69, 9.17) is 5.11 Å². The van der Waals surface area contributed by atoms with Gasteiger partial charge in [0.05, 0.1) is 12.4 Å². The molecule has 0 saturated heterocycles. The number of carbonyl (C=O) groups is 1. The molecule has 0 saturated carbocycles. The maximum absolute atomic E-state index is 11.7. The third-order valence-electron chi connectivity index (χ3n) is 1.82. The summed E-state index contributed by atoms with van der Waals surface area (Å²) in [4.78, 5) is 10.6. The second-order valence-corrected chi connectivity index (χ2v) is 5.98. The molecule has 0 radical (unpaired) electrons. The summed E-state index contributed by atoms with van der Waals surface area (Å²) < 4.78 is 29.2. The Kier molecular flexibility index (Phi) is 6.54. The van der Waals surface area contributed by atoms with Crippen LogP contribution in [0, 0.1) is 5.92 Å². The number of nitrogens with zero attached hydrogens (tertiary/aromatic N) is 1. The second-order valence-electron chi connectivity index (χ2n) is 3.89. The smallest absolute Gasteiger partial charge is 0.318 e. The average Bonchev–Trinajstić information content (AvgIpc) is 2.12. The number of sulfonamides is 1. The van der Waals surface area contributed by atoms with Gasteiger partial charge < -0.3 is 9.84 Å². The Bertz CT molecular complexity index is 312. The van der Waals surface area contributed by atoms with Crippen LogP contribution in [-0.2, 0) is 19.6 Å². The van der Waals surface area contributed by atoms with Gasteiger partial charge in [-0.05, 0) is 5.92 Å². The van der Waals surface area contributed by atoms with Crippen molar-refractivity contribution in [1.29, 1.82) is 0 Å². The van der Waals surface area contributed by atoms with E-state index in [1.165, 1.54) is 7.11 Å². The molecule has 0 aliphatic carbocycles. The van der Waals surface area contributed by atoms with Crippen LogP contribution in [0.25, 0.3) is 0 Å². The molecule has 0 fully saturated rings. The van der Waals surface area contributed by atoms with Crippen molar-refractivity contribution < 1.29 is 23.1 Å². The van der Waals surface area contributed by atoms with Crippen molar-refractivity contribution in [3.63, 3.8) is 0 Å². The maximum Gasteiger partial charge on any atom is 0.318 e. The van der Waals surface area contributed by atoms with E-state index in [9.17, 15) is 13.2 Å². The minimum absolute atomic E-state index is 0.0660. The zero-order valence-electron chi connectivity index (χ0n) is 9.84. The normalized spacial score (nSPS) is 12.3. The summed E-state index contributed by atoms with van der Waals surface area (Å²) in [7, 11) is -2.14. The molecule has 0 unspecified atom stereocenters. The molecule has 0 heterocycles. The van der Waals surface area contributed by atoms with E-state index in [-0.39, 0.29) is 24.8 Å². The largest absolute Gasteiger partial charge is 0.480 e. The minimum Gasteiger partial charge on any atom is -0.480 e. The van der Waals surface area contributed by atoms with E-state index in [2.05, 4.69) is 4.74 Å². The summed E-state index contributed by atoms with van der Waals surface area (Å²) in [5.74, 6) is -1.26. The molecule has 0 aliphatic rings. The van der Waals surface area contributed by atoms with Crippen LogP contribution >= 0.6 is 0 Å². The van der Waals surface area contributed by atoms with Gasteiger partial charge in [0.15, 0.2) is 0 Å². The van der Waals surface area contributed by atoms with Gasteiger partial charge in [-0.25, -0.2) is 8.42 Å². The molecule has 0 aromatic carbocycles. The van der Waals surface area contributed by atoms with Crippen LogP contribution in [0.2, 0.25) is 0 Å². The molecule has 0 amide bonds. The molecule has 0 aliphatic heterocycles. The quantitative estimate of drug-likeness (QED) is 0.658. The van der Waals surface area contributed by atoms with Gasteiger partial charge in [-0.15, -0.1) is 0 Å². The van der Waals surface area contributed by atoms with E-state index in [1.807, 2.05) is 13.8 Å². The fourth-order valence-corrected chi connectivity index (χ4v) is 2.62. The van der Waals surface area contributed by atoms with E-state index >= 15 is 0 Å². The van der Waals surface area contributed by atoms with Gasteiger partial charge in [-0.2, -0.15) is 4.31 Å². The first kappa shape index (κ1) is 15.3. The van der Waals surface area contributed by atoms with Gasteiger partial charge >= 0.3 is 5.97 Å². The van der Waals surface area contributed by atoms with E-state index in [0.29, 0.717) is 0 Å². The lowest BCUT2D eigenvalue weighted by atomic mass is 10.2. The SMILES string of the molecule is COCCS(=O)(=O)N(CC(=O)O)CC(C)C. The number of methoxy groups -OCH3 is 1. The van der Waals surface area contributed by atoms with Crippen LogP contribution in [0.4, 0.5) is 0 Å². The van der Waals surface area contributed by atoms with Crippen LogP contribution in [0.3, 0.4) is 0 Å². The Hall–Kier alpha value is -0.660. The number of aliphatic carboxylic acids is 1. The van der Waals surface area contributed by atoms with Crippen molar-refractivity contribution in [2.24, 2.45) is 5.92 Å². The lowest BCUT2D eigenvalue weighted by Crippen LogP contribution is -2.40. The van der Waals surface area contributed by atoms with E-state index in [1.54, 1.807) is 0 Å². The Morgan fingerprint density at radius 2 is 2.00 bits per heavy atom. The summed E-state index contributed by atoms with van der Waals surface area (Å²) in [6.07, 6.45) is 0. The molecule has 1 N–H and O–H groups in total. The highest BCUT2D eigenvalue weighted by Crippen LogP contribution is 2.06. The third-order valence-corrected chi connectivity index (χ3v) is 3.57. The van der Waals surface area contributed by atoms with E-state index < -0.39 is 22.5 Å². The lowest BCUT2D eigenvalue weighted by Gasteiger charge is -2.21. The lowest BCUT2D eigenvalue weighted by molar-refractivity contribution is -0.137. The number of carboxylic acids is 1. The van der Waals surface area contributed by atoms with Gasteiger partial charge in [0.1, 0.15) is 6.54 Å². The van der Waals surface area contributed by atoms with Crippen LogP contribution < -0.4 is 0 Å². The van der Waals surface area contributed by atoms with Gasteiger partial charge in [-0.3, -0.25) is 4.79 Å². The van der Waals surface area contributed by atoms with Crippen LogP contribution in [0.15, 0.2) is 0 Å². The summed E-state index contributed by atoms with van der Waals surface area (Å²) >= 11 is 0. The summed E-state index contributed by atoms with van der Waals surface area (Å²) in [5, 5.41) is 8.65. The first-order chi connectivity index (χ1) is 7.29. The van der Waals surface area contributed by atoms with Crippen LogP contribution in [-0.4, -0.2) is 56.4 Å². The zero-order valence-corrected chi connectivity index (χ0v) is 10.7. The monoisotopic (exact) mass is 253 g/mol. The number of carboxylic acid groups (broad SMARTS) is 1. The first-order valence-corrected chi connectivity index (χ1v) is 6.59. The van der Waals surface area contributed by atoms with Gasteiger partial charge in [-0.1, -0.05) is 13.8 Å². The standard InChI is InChI=1S/C9H19NO5S/c1-8(2)6-10(7-9(11)12)16(13,14)5-4-15-3/h8H,4-7H2,1-3H3,(H,11,12). The molecule has 16 heavy (non-hydrogen) atoms. The highest BCUT2D eigenvalue weighted by Gasteiger charge is 2.24. The Labute approximate surface area is 96.2 Å². The summed E-state index contributed by atoms with van der Waals surface area (Å²) in [5.41, 5.74) is 0. The highest BCUT2D eigenvalue weighted by molar-refractivity contribution is 7.89. The molecule has 0 aromatic heterocycles. The number of ether oxygens (including phenoxy) is 1. The fourth-order valence-electron chi connectivity index (χ4n) is 1.15. The van der Waals surface area contributed by atoms with Crippen LogP contribution in [0.5, 0.6) is 0 Å². The number of hydrogen-bond acceptors (Lipinski definition) is 4. The van der Waals surface area contributed by atoms with Crippen molar-refractivity contribution in [2.45, 2.75) is 13.8 Å². The minimum atomic E-state index is -3.55. The predicted molar refractivity (Wildman–Crippen MR) is 59.7 cm³/mol. The topological polar surface area (TPSA) is 83.9 Å². The Morgan fingerprint density at radius 1 is 1.44 bits per heavy atom. The Balaban J connectivity index is 4.65. The number of rotatable bonds is 8. The first-order valence-electron chi connectivity index (χ1n) is 4.98. The predicted octanol–water partition coefficient (Wildman–Crippen LogP) is 0.00520. The van der Waals surface area contributed by atoms with Gasteiger partial charge in [0.25, 0.3) is 0 Å². The van der Waals surface area contributed by atoms with Crippen molar-refractivity contribution in [2.75, 3.05) is 32.6 Å². The Morgan fingerprint density at radius 3 is 2.38 bits per heavy atom. The van der Waals surface area contributed by atoms with Crippen molar-refractivity contribution in [3.8, 4) is 0 Å². The molecule has 0 aromatic rings. The summed E-state index contributed by atoms with van der Waals surface area (Å²) in [6, 6.07) is 0. The molecule has 96 valence electrons. The molecule has 6 nitrogen and oxygen atoms in total. The molecule has 0 rings (SSSR count). The highest BCUT2D eigenvalue weighted by atomic mass is 32.2. The molecule has 7 heteroatoms. The second kappa shape index (κ2) is 6.82. The number of hydrogen-bond donors (Lipinski definition) is 1. The molecular weight excluding hydrogens is 234 g/mol. The summed E-state index contributed by atoms with van der Waals surface area (Å²) in [6.45, 7) is 3.44. The zero-order chi connectivity index (χ0) is 12.8. The van der Waals surface area contributed by atoms with Crippen LogP contribution in [0.1, 0.15) is 13.8 Å². The molecule has 0 spiro atoms. The molecule has 0 bridgehead atoms. The third kappa shape index (κ3) is 6.04. The average molecular weight is 253 g/mol. The maximum atomic E-state index is 11.7.